The molecule has 0 spiro atoms. The minimum absolute atomic E-state index is 0.0925. The Morgan fingerprint density at radius 1 is 0.537 bits per heavy atom. The van der Waals surface area contributed by atoms with Gasteiger partial charge in [-0.1, -0.05) is 136 Å². The van der Waals surface area contributed by atoms with Crippen LogP contribution in [0.15, 0.2) is 12.2 Å². The smallest absolute Gasteiger partial charge is 0.305 e. The number of esters is 2. The molecule has 0 aromatic heterocycles. The maximum absolute atomic E-state index is 12.3. The molecule has 1 unspecified atom stereocenters. The van der Waals surface area contributed by atoms with Gasteiger partial charge < -0.3 is 14.6 Å². The number of rotatable bonds is 31. The second-order valence-electron chi connectivity index (χ2n) is 12.2. The largest absolute Gasteiger partial charge is 0.465 e. The van der Waals surface area contributed by atoms with Crippen LogP contribution in [0.2, 0.25) is 0 Å². The standard InChI is InChI=1S/C36H68O5/c1-4-7-9-11-13-15-16-17-18-19-20-22-24-26-28-30-35(39)41-33-36(6-3,31-37)32-40-34(38)29-27-25-23-21-14-12-10-8-5-2/h17-18,37H,4-16,19-33H2,1-3H3. The molecule has 0 saturated carbocycles. The Morgan fingerprint density at radius 2 is 0.878 bits per heavy atom. The molecule has 0 saturated heterocycles. The Labute approximate surface area is 254 Å². The molecule has 0 rings (SSSR count). The van der Waals surface area contributed by atoms with Gasteiger partial charge in [-0.05, 0) is 44.9 Å². The first-order valence-corrected chi connectivity index (χ1v) is 17.6. The van der Waals surface area contributed by atoms with Crippen molar-refractivity contribution in [3.63, 3.8) is 0 Å². The number of carbonyl (C=O) groups is 2. The topological polar surface area (TPSA) is 72.8 Å². The number of hydrogen-bond acceptors (Lipinski definition) is 5. The molecule has 5 heteroatoms. The monoisotopic (exact) mass is 581 g/mol. The summed E-state index contributed by atoms with van der Waals surface area (Å²) >= 11 is 0. The van der Waals surface area contributed by atoms with Crippen LogP contribution >= 0.6 is 0 Å². The average Bonchev–Trinajstić information content (AvgIpc) is 2.98. The number of unbranched alkanes of at least 4 members (excludes halogenated alkanes) is 19. The molecule has 0 aliphatic rings. The van der Waals surface area contributed by atoms with Crippen LogP contribution < -0.4 is 0 Å². The summed E-state index contributed by atoms with van der Waals surface area (Å²) in [4.78, 5) is 24.5. The van der Waals surface area contributed by atoms with E-state index in [0.717, 1.165) is 38.5 Å². The molecular formula is C36H68O5. The molecule has 242 valence electrons. The van der Waals surface area contributed by atoms with Crippen molar-refractivity contribution < 1.29 is 24.2 Å². The van der Waals surface area contributed by atoms with Crippen molar-refractivity contribution in [1.29, 1.82) is 0 Å². The number of allylic oxidation sites excluding steroid dienone is 2. The van der Waals surface area contributed by atoms with Crippen molar-refractivity contribution in [2.45, 2.75) is 181 Å². The van der Waals surface area contributed by atoms with Gasteiger partial charge in [-0.25, -0.2) is 0 Å². The van der Waals surface area contributed by atoms with Crippen molar-refractivity contribution in [3.8, 4) is 0 Å². The Bertz CT molecular complexity index is 611. The van der Waals surface area contributed by atoms with E-state index in [2.05, 4.69) is 26.0 Å². The maximum Gasteiger partial charge on any atom is 0.305 e. The number of carbonyl (C=O) groups excluding carboxylic acids is 2. The van der Waals surface area contributed by atoms with Crippen LogP contribution in [0.3, 0.4) is 0 Å². The number of aliphatic hydroxyl groups excluding tert-OH is 1. The van der Waals surface area contributed by atoms with Gasteiger partial charge in [0.15, 0.2) is 0 Å². The molecule has 0 fully saturated rings. The molecule has 5 nitrogen and oxygen atoms in total. The molecule has 0 aromatic rings. The van der Waals surface area contributed by atoms with Gasteiger partial charge in [0.2, 0.25) is 0 Å². The summed E-state index contributed by atoms with van der Waals surface area (Å²) in [6.45, 7) is 6.44. The fourth-order valence-corrected chi connectivity index (χ4v) is 4.98. The quantitative estimate of drug-likeness (QED) is 0.0501. The molecule has 1 N–H and O–H groups in total. The average molecular weight is 581 g/mol. The number of ether oxygens (including phenoxy) is 2. The molecule has 0 aliphatic carbocycles. The Kier molecular flexibility index (Phi) is 29.1. The number of hydrogen-bond donors (Lipinski definition) is 1. The van der Waals surface area contributed by atoms with Crippen LogP contribution in [-0.2, 0) is 19.1 Å². The van der Waals surface area contributed by atoms with Crippen molar-refractivity contribution in [3.05, 3.63) is 12.2 Å². The zero-order valence-corrected chi connectivity index (χ0v) is 27.5. The van der Waals surface area contributed by atoms with Gasteiger partial charge in [-0.2, -0.15) is 0 Å². The molecule has 0 aliphatic heterocycles. The number of aliphatic hydroxyl groups is 1. The van der Waals surface area contributed by atoms with E-state index < -0.39 is 5.41 Å². The van der Waals surface area contributed by atoms with Gasteiger partial charge in [0.1, 0.15) is 13.2 Å². The van der Waals surface area contributed by atoms with E-state index in [4.69, 9.17) is 9.47 Å². The van der Waals surface area contributed by atoms with E-state index in [-0.39, 0.29) is 31.8 Å². The van der Waals surface area contributed by atoms with E-state index in [1.165, 1.54) is 103 Å². The minimum Gasteiger partial charge on any atom is -0.465 e. The van der Waals surface area contributed by atoms with Gasteiger partial charge >= 0.3 is 11.9 Å². The van der Waals surface area contributed by atoms with Crippen molar-refractivity contribution in [2.75, 3.05) is 19.8 Å². The van der Waals surface area contributed by atoms with Crippen LogP contribution in [0.5, 0.6) is 0 Å². The summed E-state index contributed by atoms with van der Waals surface area (Å²) in [6.07, 6.45) is 32.8. The van der Waals surface area contributed by atoms with Gasteiger partial charge in [-0.3, -0.25) is 9.59 Å². The molecule has 41 heavy (non-hydrogen) atoms. The second-order valence-corrected chi connectivity index (χ2v) is 12.2. The fraction of sp³-hybridized carbons (Fsp3) is 0.889. The third-order valence-electron chi connectivity index (χ3n) is 8.29. The fourth-order valence-electron chi connectivity index (χ4n) is 4.98. The third-order valence-corrected chi connectivity index (χ3v) is 8.29. The molecule has 0 heterocycles. The zero-order valence-electron chi connectivity index (χ0n) is 27.5. The summed E-state index contributed by atoms with van der Waals surface area (Å²) < 4.78 is 11.0. The van der Waals surface area contributed by atoms with E-state index >= 15 is 0 Å². The first-order valence-electron chi connectivity index (χ1n) is 17.6. The van der Waals surface area contributed by atoms with Crippen molar-refractivity contribution in [2.24, 2.45) is 5.41 Å². The highest BCUT2D eigenvalue weighted by atomic mass is 16.5. The van der Waals surface area contributed by atoms with Crippen LogP contribution in [-0.4, -0.2) is 36.9 Å². The third kappa shape index (κ3) is 26.0. The Balaban J connectivity index is 3.83. The summed E-state index contributed by atoms with van der Waals surface area (Å²) in [5, 5.41) is 9.98. The summed E-state index contributed by atoms with van der Waals surface area (Å²) in [5.41, 5.74) is -0.716. The van der Waals surface area contributed by atoms with Gasteiger partial charge in [0.05, 0.1) is 12.0 Å². The summed E-state index contributed by atoms with van der Waals surface area (Å²) in [6, 6.07) is 0. The van der Waals surface area contributed by atoms with Crippen LogP contribution in [0.25, 0.3) is 0 Å². The van der Waals surface area contributed by atoms with E-state index in [1.807, 2.05) is 6.92 Å². The first-order chi connectivity index (χ1) is 20.0. The summed E-state index contributed by atoms with van der Waals surface area (Å²) in [7, 11) is 0. The highest BCUT2D eigenvalue weighted by Crippen LogP contribution is 2.23. The van der Waals surface area contributed by atoms with Crippen molar-refractivity contribution >= 4 is 11.9 Å². The van der Waals surface area contributed by atoms with Crippen LogP contribution in [0.1, 0.15) is 181 Å². The lowest BCUT2D eigenvalue weighted by Gasteiger charge is -2.29. The van der Waals surface area contributed by atoms with Gasteiger partial charge in [-0.15, -0.1) is 0 Å². The predicted molar refractivity (Wildman–Crippen MR) is 173 cm³/mol. The first kappa shape index (κ1) is 39.6. The second kappa shape index (κ2) is 30.1. The molecular weight excluding hydrogens is 512 g/mol. The van der Waals surface area contributed by atoms with E-state index in [0.29, 0.717) is 19.3 Å². The minimum atomic E-state index is -0.716. The SMILES string of the molecule is CCCCCCCCC=CCCCCCCCC(=O)OCC(CC)(CO)COC(=O)CCCCCCCCCCC. The lowest BCUT2D eigenvalue weighted by atomic mass is 9.88. The molecule has 1 atom stereocenters. The maximum atomic E-state index is 12.3. The van der Waals surface area contributed by atoms with Gasteiger partial charge in [0, 0.05) is 12.8 Å². The zero-order chi connectivity index (χ0) is 30.3. The molecule has 0 radical (unpaired) electrons. The molecule has 0 amide bonds. The highest BCUT2D eigenvalue weighted by Gasteiger charge is 2.31. The molecule has 0 aromatic carbocycles. The van der Waals surface area contributed by atoms with Crippen LogP contribution in [0.4, 0.5) is 0 Å². The lowest BCUT2D eigenvalue weighted by molar-refractivity contribution is -0.156. The molecule has 0 bridgehead atoms. The lowest BCUT2D eigenvalue weighted by Crippen LogP contribution is -2.37. The Hall–Kier alpha value is -1.36. The predicted octanol–water partition coefficient (Wildman–Crippen LogP) is 10.4. The highest BCUT2D eigenvalue weighted by molar-refractivity contribution is 5.69. The Morgan fingerprint density at radius 3 is 1.22 bits per heavy atom. The summed E-state index contributed by atoms with van der Waals surface area (Å²) in [5.74, 6) is -0.450. The van der Waals surface area contributed by atoms with Crippen molar-refractivity contribution in [1.82, 2.24) is 0 Å². The van der Waals surface area contributed by atoms with Gasteiger partial charge in [0.25, 0.3) is 0 Å². The van der Waals surface area contributed by atoms with E-state index in [9.17, 15) is 14.7 Å². The van der Waals surface area contributed by atoms with Crippen LogP contribution in [0, 0.1) is 5.41 Å². The van der Waals surface area contributed by atoms with E-state index in [1.54, 1.807) is 0 Å². The normalized spacial score (nSPS) is 13.0.